The predicted molar refractivity (Wildman–Crippen MR) is 62.6 cm³/mol. The fourth-order valence-electron chi connectivity index (χ4n) is 3.03. The molecule has 15 heavy (non-hydrogen) atoms. The van der Waals surface area contributed by atoms with Crippen molar-refractivity contribution in [2.24, 2.45) is 11.3 Å². The molecule has 0 saturated carbocycles. The summed E-state index contributed by atoms with van der Waals surface area (Å²) in [5.74, 6) is 1.04. The highest BCUT2D eigenvalue weighted by atomic mass is 16.1. The number of hydrogen-bond donors (Lipinski definition) is 0. The van der Waals surface area contributed by atoms with Crippen LogP contribution in [0, 0.1) is 11.3 Å². The van der Waals surface area contributed by atoms with E-state index in [2.05, 4.69) is 26.0 Å². The largest absolute Gasteiger partial charge is 0.295 e. The van der Waals surface area contributed by atoms with E-state index in [0.717, 1.165) is 18.4 Å². The summed E-state index contributed by atoms with van der Waals surface area (Å²) in [5, 5.41) is 0. The Hall–Kier alpha value is -0.850. The normalized spacial score (nSPS) is 35.7. The molecule has 2 aliphatic carbocycles. The standard InChI is InChI=1S/C14H20O/c1-10-4-5-12(6-10)8-14(3)7-11(2)13(15)9-14/h6-7,12H,4-5,8-9H2,1-3H3/t12-,14-/m1/s1. The van der Waals surface area contributed by atoms with Crippen LogP contribution in [0.25, 0.3) is 0 Å². The first kappa shape index (κ1) is 10.7. The minimum atomic E-state index is 0.132. The van der Waals surface area contributed by atoms with Crippen LogP contribution in [0.4, 0.5) is 0 Å². The van der Waals surface area contributed by atoms with Gasteiger partial charge in [0.15, 0.2) is 5.78 Å². The van der Waals surface area contributed by atoms with Crippen molar-refractivity contribution < 1.29 is 4.79 Å². The number of ketones is 1. The molecular weight excluding hydrogens is 184 g/mol. The second kappa shape index (κ2) is 3.62. The Labute approximate surface area is 92.3 Å². The third-order valence-electron chi connectivity index (χ3n) is 3.73. The van der Waals surface area contributed by atoms with E-state index in [9.17, 15) is 4.79 Å². The van der Waals surface area contributed by atoms with E-state index in [1.54, 1.807) is 0 Å². The van der Waals surface area contributed by atoms with E-state index in [4.69, 9.17) is 0 Å². The summed E-state index contributed by atoms with van der Waals surface area (Å²) < 4.78 is 0. The van der Waals surface area contributed by atoms with Crippen LogP contribution < -0.4 is 0 Å². The van der Waals surface area contributed by atoms with Crippen LogP contribution in [0.15, 0.2) is 23.3 Å². The first-order valence-electron chi connectivity index (χ1n) is 5.88. The van der Waals surface area contributed by atoms with Crippen molar-refractivity contribution in [3.05, 3.63) is 23.3 Å². The lowest BCUT2D eigenvalue weighted by molar-refractivity contribution is -0.116. The summed E-state index contributed by atoms with van der Waals surface area (Å²) in [6.45, 7) is 6.38. The van der Waals surface area contributed by atoms with Gasteiger partial charge < -0.3 is 0 Å². The Morgan fingerprint density at radius 2 is 2.20 bits per heavy atom. The zero-order valence-electron chi connectivity index (χ0n) is 9.97. The number of carbonyl (C=O) groups is 1. The second-order valence-corrected chi connectivity index (χ2v) is 5.60. The van der Waals surface area contributed by atoms with Gasteiger partial charge >= 0.3 is 0 Å². The van der Waals surface area contributed by atoms with Crippen molar-refractivity contribution in [1.82, 2.24) is 0 Å². The van der Waals surface area contributed by atoms with Crippen LogP contribution in [-0.4, -0.2) is 5.78 Å². The van der Waals surface area contributed by atoms with Crippen LogP contribution in [0.3, 0.4) is 0 Å². The molecule has 2 atom stereocenters. The number of carbonyl (C=O) groups excluding carboxylic acids is 1. The van der Waals surface area contributed by atoms with Crippen molar-refractivity contribution in [1.29, 1.82) is 0 Å². The SMILES string of the molecule is CC1=C[C@H](C[C@@]2(C)C=C(C)C(=O)C2)CC1. The molecule has 0 amide bonds. The lowest BCUT2D eigenvalue weighted by atomic mass is 9.80. The molecule has 0 heterocycles. The van der Waals surface area contributed by atoms with E-state index < -0.39 is 0 Å². The molecule has 0 unspecified atom stereocenters. The molecule has 0 aromatic carbocycles. The van der Waals surface area contributed by atoms with E-state index in [1.807, 2.05) is 6.92 Å². The highest BCUT2D eigenvalue weighted by molar-refractivity contribution is 5.98. The minimum absolute atomic E-state index is 0.132. The average molecular weight is 204 g/mol. The van der Waals surface area contributed by atoms with Crippen LogP contribution in [0.1, 0.15) is 46.5 Å². The number of rotatable bonds is 2. The molecule has 0 aliphatic heterocycles. The Morgan fingerprint density at radius 1 is 1.47 bits per heavy atom. The minimum Gasteiger partial charge on any atom is -0.295 e. The third-order valence-corrected chi connectivity index (χ3v) is 3.73. The Morgan fingerprint density at radius 3 is 2.67 bits per heavy atom. The molecule has 0 aromatic heterocycles. The Balaban J connectivity index is 2.04. The van der Waals surface area contributed by atoms with E-state index in [0.29, 0.717) is 11.7 Å². The maximum absolute atomic E-state index is 11.5. The molecule has 0 radical (unpaired) electrons. The molecule has 0 spiro atoms. The summed E-state index contributed by atoms with van der Waals surface area (Å²) in [5.41, 5.74) is 2.62. The molecule has 1 nitrogen and oxygen atoms in total. The van der Waals surface area contributed by atoms with Crippen molar-refractivity contribution in [2.75, 3.05) is 0 Å². The van der Waals surface area contributed by atoms with Crippen LogP contribution in [0.5, 0.6) is 0 Å². The fourth-order valence-corrected chi connectivity index (χ4v) is 3.03. The molecule has 82 valence electrons. The van der Waals surface area contributed by atoms with Gasteiger partial charge in [0.05, 0.1) is 0 Å². The van der Waals surface area contributed by atoms with Crippen LogP contribution >= 0.6 is 0 Å². The van der Waals surface area contributed by atoms with E-state index in [-0.39, 0.29) is 5.41 Å². The van der Waals surface area contributed by atoms with Crippen molar-refractivity contribution in [3.8, 4) is 0 Å². The van der Waals surface area contributed by atoms with Crippen molar-refractivity contribution >= 4 is 5.78 Å². The smallest absolute Gasteiger partial charge is 0.159 e. The highest BCUT2D eigenvalue weighted by Crippen LogP contribution is 2.42. The van der Waals surface area contributed by atoms with Crippen molar-refractivity contribution in [2.45, 2.75) is 46.5 Å². The predicted octanol–water partition coefficient (Wildman–Crippen LogP) is 3.66. The summed E-state index contributed by atoms with van der Waals surface area (Å²) in [6, 6.07) is 0. The quantitative estimate of drug-likeness (QED) is 0.627. The maximum Gasteiger partial charge on any atom is 0.159 e. The molecular formula is C14H20O. The van der Waals surface area contributed by atoms with Crippen molar-refractivity contribution in [3.63, 3.8) is 0 Å². The lowest BCUT2D eigenvalue weighted by Gasteiger charge is -2.23. The van der Waals surface area contributed by atoms with Gasteiger partial charge in [0.2, 0.25) is 0 Å². The Kier molecular flexibility index (Phi) is 2.57. The summed E-state index contributed by atoms with van der Waals surface area (Å²) >= 11 is 0. The number of allylic oxidation sites excluding steroid dienone is 4. The second-order valence-electron chi connectivity index (χ2n) is 5.60. The molecule has 0 fully saturated rings. The van der Waals surface area contributed by atoms with Crippen LogP contribution in [-0.2, 0) is 4.79 Å². The molecule has 2 rings (SSSR count). The average Bonchev–Trinajstić information content (AvgIpc) is 2.59. The Bertz CT molecular complexity index is 348. The van der Waals surface area contributed by atoms with Gasteiger partial charge in [-0.2, -0.15) is 0 Å². The molecule has 2 aliphatic rings. The first-order chi connectivity index (χ1) is 6.98. The fraction of sp³-hybridized carbons (Fsp3) is 0.643. The number of hydrogen-bond acceptors (Lipinski definition) is 1. The monoisotopic (exact) mass is 204 g/mol. The van der Waals surface area contributed by atoms with Gasteiger partial charge in [0.25, 0.3) is 0 Å². The first-order valence-corrected chi connectivity index (χ1v) is 5.88. The van der Waals surface area contributed by atoms with Gasteiger partial charge in [-0.1, -0.05) is 24.6 Å². The van der Waals surface area contributed by atoms with Gasteiger partial charge in [-0.25, -0.2) is 0 Å². The van der Waals surface area contributed by atoms with Gasteiger partial charge in [0.1, 0.15) is 0 Å². The highest BCUT2D eigenvalue weighted by Gasteiger charge is 2.34. The lowest BCUT2D eigenvalue weighted by Crippen LogP contribution is -2.15. The molecule has 1 heteroatoms. The molecule has 0 bridgehead atoms. The van der Waals surface area contributed by atoms with Gasteiger partial charge in [-0.15, -0.1) is 0 Å². The summed E-state index contributed by atoms with van der Waals surface area (Å²) in [7, 11) is 0. The zero-order chi connectivity index (χ0) is 11.1. The summed E-state index contributed by atoms with van der Waals surface area (Å²) in [4.78, 5) is 11.5. The summed E-state index contributed by atoms with van der Waals surface area (Å²) in [6.07, 6.45) is 8.99. The molecule has 0 aromatic rings. The maximum atomic E-state index is 11.5. The molecule has 0 N–H and O–H groups in total. The van der Waals surface area contributed by atoms with Gasteiger partial charge in [-0.3, -0.25) is 4.79 Å². The number of Topliss-reactive ketones (excluding diaryl/α,β-unsaturated/α-hetero) is 1. The third kappa shape index (κ3) is 2.22. The van der Waals surface area contributed by atoms with Crippen LogP contribution in [0.2, 0.25) is 0 Å². The topological polar surface area (TPSA) is 17.1 Å². The van der Waals surface area contributed by atoms with E-state index in [1.165, 1.54) is 18.4 Å². The van der Waals surface area contributed by atoms with E-state index >= 15 is 0 Å². The van der Waals surface area contributed by atoms with Gasteiger partial charge in [-0.05, 0) is 50.0 Å². The zero-order valence-corrected chi connectivity index (χ0v) is 9.97. The van der Waals surface area contributed by atoms with Gasteiger partial charge in [0, 0.05) is 6.42 Å². The molecule has 0 saturated heterocycles.